The third-order valence-corrected chi connectivity index (χ3v) is 6.02. The molecule has 1 fully saturated rings. The molecule has 128 valence electrons. The van der Waals surface area contributed by atoms with Crippen molar-refractivity contribution in [2.75, 3.05) is 13.1 Å². The second-order valence-corrected chi connectivity index (χ2v) is 7.53. The summed E-state index contributed by atoms with van der Waals surface area (Å²) in [6.07, 6.45) is 0.717. The smallest absolute Gasteiger partial charge is 0.372 e. The van der Waals surface area contributed by atoms with Crippen LogP contribution in [0.5, 0.6) is 0 Å². The normalized spacial score (nSPS) is 17.2. The predicted molar refractivity (Wildman–Crippen MR) is 83.8 cm³/mol. The van der Waals surface area contributed by atoms with E-state index in [1.807, 2.05) is 0 Å². The maximum Gasteiger partial charge on any atom is 0.419 e. The van der Waals surface area contributed by atoms with Crippen LogP contribution in [0.15, 0.2) is 37.1 Å². The number of amides is 1. The molecule has 0 aliphatic carbocycles. The molecule has 1 aliphatic heterocycles. The van der Waals surface area contributed by atoms with Crippen LogP contribution in [0.4, 0.5) is 0 Å². The van der Waals surface area contributed by atoms with Crippen LogP contribution >= 0.6 is 0 Å². The highest BCUT2D eigenvalue weighted by molar-refractivity contribution is 7.89. The second kappa shape index (κ2) is 5.87. The van der Waals surface area contributed by atoms with E-state index in [0.717, 1.165) is 0 Å². The highest BCUT2D eigenvalue weighted by atomic mass is 32.2. The number of aromatic nitrogens is 1. The van der Waals surface area contributed by atoms with Crippen LogP contribution in [-0.2, 0) is 14.8 Å². The van der Waals surface area contributed by atoms with Gasteiger partial charge in [-0.2, -0.15) is 4.31 Å². The number of sulfonamides is 1. The van der Waals surface area contributed by atoms with Crippen molar-refractivity contribution in [3.05, 3.63) is 39.2 Å². The molecule has 1 aromatic carbocycles. The molecule has 3 rings (SSSR count). The lowest BCUT2D eigenvalue weighted by Gasteiger charge is -2.29. The lowest BCUT2D eigenvalue weighted by atomic mass is 9.98. The topological polar surface area (TPSA) is 144 Å². The second-order valence-electron chi connectivity index (χ2n) is 5.59. The minimum atomic E-state index is -3.82. The van der Waals surface area contributed by atoms with Gasteiger partial charge in [0.25, 0.3) is 0 Å². The van der Waals surface area contributed by atoms with Gasteiger partial charge >= 0.3 is 11.4 Å². The van der Waals surface area contributed by atoms with Gasteiger partial charge in [0, 0.05) is 19.0 Å². The van der Waals surface area contributed by atoms with E-state index >= 15 is 0 Å². The first-order valence-electron chi connectivity index (χ1n) is 7.25. The Bertz CT molecular complexity index is 1010. The molecule has 2 aromatic rings. The van der Waals surface area contributed by atoms with Crippen LogP contribution in [0.25, 0.3) is 10.9 Å². The highest BCUT2D eigenvalue weighted by Crippen LogP contribution is 2.24. The number of fused-ring (bicyclic) bond motifs is 1. The van der Waals surface area contributed by atoms with Gasteiger partial charge in [0.2, 0.25) is 15.9 Å². The van der Waals surface area contributed by atoms with Crippen molar-refractivity contribution in [1.29, 1.82) is 0 Å². The highest BCUT2D eigenvalue weighted by Gasteiger charge is 2.31. The zero-order valence-corrected chi connectivity index (χ0v) is 13.3. The minimum absolute atomic E-state index is 0.0253. The fraction of sp³-hybridized carbons (Fsp3) is 0.357. The summed E-state index contributed by atoms with van der Waals surface area (Å²) in [5.74, 6) is -1.67. The number of rotatable bonds is 3. The van der Waals surface area contributed by atoms with Crippen LogP contribution in [-0.4, -0.2) is 36.7 Å². The molecule has 0 atom stereocenters. The summed E-state index contributed by atoms with van der Waals surface area (Å²) < 4.78 is 31.1. The number of primary amides is 1. The molecule has 1 aromatic heterocycles. The Kier molecular flexibility index (Phi) is 4.01. The summed E-state index contributed by atoms with van der Waals surface area (Å²) in [6, 6.07) is 3.83. The average molecular weight is 353 g/mol. The standard InChI is InChI=1S/C14H15N3O6S/c15-12(18)8-3-5-17(6-4-8)24(21,22)9-1-2-11-10(7-9)13(19)23-14(20)16-11/h1-2,7-8H,3-6H2,(H2,15,18)(H,16,20). The van der Waals surface area contributed by atoms with E-state index in [1.54, 1.807) is 0 Å². The van der Waals surface area contributed by atoms with Crippen LogP contribution in [0, 0.1) is 5.92 Å². The number of benzene rings is 1. The summed E-state index contributed by atoms with van der Waals surface area (Å²) in [5, 5.41) is -0.0253. The number of nitrogens with two attached hydrogens (primary N) is 1. The monoisotopic (exact) mass is 353 g/mol. The molecular formula is C14H15N3O6S. The first-order valence-corrected chi connectivity index (χ1v) is 8.70. The Hall–Kier alpha value is -2.46. The third-order valence-electron chi connectivity index (χ3n) is 4.13. The molecule has 1 amide bonds. The van der Waals surface area contributed by atoms with E-state index in [1.165, 1.54) is 22.5 Å². The molecule has 0 saturated carbocycles. The van der Waals surface area contributed by atoms with Crippen molar-refractivity contribution < 1.29 is 17.6 Å². The van der Waals surface area contributed by atoms with Crippen molar-refractivity contribution in [3.63, 3.8) is 0 Å². The quantitative estimate of drug-likeness (QED) is 0.751. The van der Waals surface area contributed by atoms with E-state index in [2.05, 4.69) is 9.40 Å². The Morgan fingerprint density at radius 1 is 1.25 bits per heavy atom. The van der Waals surface area contributed by atoms with Gasteiger partial charge in [-0.15, -0.1) is 0 Å². The van der Waals surface area contributed by atoms with Crippen LogP contribution in [0.3, 0.4) is 0 Å². The zero-order chi connectivity index (χ0) is 17.5. The first-order chi connectivity index (χ1) is 11.3. The third kappa shape index (κ3) is 2.85. The van der Waals surface area contributed by atoms with Crippen molar-refractivity contribution in [1.82, 2.24) is 9.29 Å². The van der Waals surface area contributed by atoms with Gasteiger partial charge in [-0.3, -0.25) is 9.78 Å². The van der Waals surface area contributed by atoms with Gasteiger partial charge < -0.3 is 10.2 Å². The van der Waals surface area contributed by atoms with Gasteiger partial charge in [0.1, 0.15) is 0 Å². The van der Waals surface area contributed by atoms with Crippen LogP contribution in [0.2, 0.25) is 0 Å². The van der Waals surface area contributed by atoms with E-state index in [-0.39, 0.29) is 34.8 Å². The number of nitrogens with one attached hydrogen (secondary N) is 1. The summed E-state index contributed by atoms with van der Waals surface area (Å²) >= 11 is 0. The van der Waals surface area contributed by atoms with Gasteiger partial charge in [-0.05, 0) is 31.0 Å². The van der Waals surface area contributed by atoms with Crippen molar-refractivity contribution >= 4 is 26.8 Å². The lowest BCUT2D eigenvalue weighted by molar-refractivity contribution is -0.122. The summed E-state index contributed by atoms with van der Waals surface area (Å²) in [6.45, 7) is 0.350. The fourth-order valence-corrected chi connectivity index (χ4v) is 4.26. The number of nitrogens with zero attached hydrogens (tertiary/aromatic N) is 1. The number of H-pyrrole nitrogens is 1. The molecule has 0 spiro atoms. The zero-order valence-electron chi connectivity index (χ0n) is 12.5. The largest absolute Gasteiger partial charge is 0.419 e. The maximum atomic E-state index is 12.7. The summed E-state index contributed by atoms with van der Waals surface area (Å²) in [4.78, 5) is 36.3. The molecule has 1 saturated heterocycles. The number of piperidine rings is 1. The first kappa shape index (κ1) is 16.4. The Labute approximate surface area is 136 Å². The number of hydrogen-bond acceptors (Lipinski definition) is 6. The minimum Gasteiger partial charge on any atom is -0.372 e. The average Bonchev–Trinajstić information content (AvgIpc) is 2.54. The molecule has 24 heavy (non-hydrogen) atoms. The van der Waals surface area contributed by atoms with Crippen LogP contribution < -0.4 is 17.1 Å². The van der Waals surface area contributed by atoms with Gasteiger partial charge in [0.05, 0.1) is 15.8 Å². The van der Waals surface area contributed by atoms with E-state index in [0.29, 0.717) is 12.8 Å². The van der Waals surface area contributed by atoms with Crippen LogP contribution in [0.1, 0.15) is 12.8 Å². The Morgan fingerprint density at radius 2 is 1.92 bits per heavy atom. The lowest BCUT2D eigenvalue weighted by Crippen LogP contribution is -2.41. The molecule has 2 heterocycles. The molecule has 0 radical (unpaired) electrons. The number of aromatic amines is 1. The molecule has 3 N–H and O–H groups in total. The van der Waals surface area contributed by atoms with Gasteiger partial charge in [0.15, 0.2) is 0 Å². The van der Waals surface area contributed by atoms with Gasteiger partial charge in [-0.1, -0.05) is 0 Å². The number of hydrogen-bond donors (Lipinski definition) is 2. The van der Waals surface area contributed by atoms with Crippen molar-refractivity contribution in [3.8, 4) is 0 Å². The number of carbonyl (C=O) groups excluding carboxylic acids is 1. The molecular weight excluding hydrogens is 338 g/mol. The molecule has 10 heteroatoms. The Balaban J connectivity index is 1.96. The molecule has 9 nitrogen and oxygen atoms in total. The molecule has 0 bridgehead atoms. The molecule has 1 aliphatic rings. The maximum absolute atomic E-state index is 12.7. The predicted octanol–water partition coefficient (Wildman–Crippen LogP) is -0.633. The summed E-state index contributed by atoms with van der Waals surface area (Å²) in [5.41, 5.74) is 4.54. The molecule has 0 unspecified atom stereocenters. The fourth-order valence-electron chi connectivity index (χ4n) is 2.77. The van der Waals surface area contributed by atoms with Gasteiger partial charge in [-0.25, -0.2) is 18.0 Å². The SMILES string of the molecule is NC(=O)C1CCN(S(=O)(=O)c2ccc3[nH]c(=O)oc(=O)c3c2)CC1. The van der Waals surface area contributed by atoms with E-state index in [9.17, 15) is 22.8 Å². The van der Waals surface area contributed by atoms with E-state index < -0.39 is 27.3 Å². The summed E-state index contributed by atoms with van der Waals surface area (Å²) in [7, 11) is -3.82. The van der Waals surface area contributed by atoms with Crippen molar-refractivity contribution in [2.45, 2.75) is 17.7 Å². The number of carbonyl (C=O) groups is 1. The Morgan fingerprint density at radius 3 is 2.54 bits per heavy atom. The van der Waals surface area contributed by atoms with Crippen molar-refractivity contribution in [2.24, 2.45) is 11.7 Å². The van der Waals surface area contributed by atoms with E-state index in [4.69, 9.17) is 5.73 Å².